The molecule has 0 fully saturated rings. The smallest absolute Gasteiger partial charge is 0.258 e. The van der Waals surface area contributed by atoms with Crippen LogP contribution in [-0.2, 0) is 6.42 Å². The maximum Gasteiger partial charge on any atom is 0.258 e. The zero-order valence-corrected chi connectivity index (χ0v) is 13.4. The maximum absolute atomic E-state index is 12.4. The Morgan fingerprint density at radius 3 is 2.90 bits per heavy atom. The Balaban J connectivity index is 1.78. The number of amides is 1. The number of thiophene rings is 1. The number of anilines is 1. The lowest BCUT2D eigenvalue weighted by Crippen LogP contribution is -2.10. The summed E-state index contributed by atoms with van der Waals surface area (Å²) in [5, 5.41) is 15.4. The summed E-state index contributed by atoms with van der Waals surface area (Å²) in [4.78, 5) is 12.4. The molecule has 3 aromatic rings. The van der Waals surface area contributed by atoms with Crippen LogP contribution in [0.2, 0.25) is 0 Å². The van der Waals surface area contributed by atoms with Gasteiger partial charge in [-0.1, -0.05) is 43.4 Å². The van der Waals surface area contributed by atoms with E-state index < -0.39 is 0 Å². The van der Waals surface area contributed by atoms with Crippen LogP contribution < -0.4 is 5.32 Å². The summed E-state index contributed by atoms with van der Waals surface area (Å²) in [6, 6.07) is 7.90. The quantitative estimate of drug-likeness (QED) is 0.784. The van der Waals surface area contributed by atoms with Crippen LogP contribution in [0.4, 0.5) is 5.13 Å². The van der Waals surface area contributed by atoms with E-state index in [1.54, 1.807) is 11.3 Å². The van der Waals surface area contributed by atoms with E-state index in [1.165, 1.54) is 11.3 Å². The summed E-state index contributed by atoms with van der Waals surface area (Å²) in [6.07, 6.45) is 0.884. The molecule has 0 bridgehead atoms. The Bertz CT molecular complexity index is 776. The van der Waals surface area contributed by atoms with Crippen molar-refractivity contribution in [3.05, 3.63) is 40.2 Å². The van der Waals surface area contributed by atoms with Crippen LogP contribution in [0.1, 0.15) is 29.2 Å². The summed E-state index contributed by atoms with van der Waals surface area (Å²) >= 11 is 3.01. The zero-order chi connectivity index (χ0) is 14.8. The van der Waals surface area contributed by atoms with Gasteiger partial charge in [0.15, 0.2) is 0 Å². The number of nitrogens with zero attached hydrogens (tertiary/aromatic N) is 2. The third-order valence-electron chi connectivity index (χ3n) is 3.00. The van der Waals surface area contributed by atoms with Crippen molar-refractivity contribution in [3.63, 3.8) is 0 Å². The summed E-state index contributed by atoms with van der Waals surface area (Å²) in [6.45, 7) is 4.27. The third kappa shape index (κ3) is 3.11. The largest absolute Gasteiger partial charge is 0.296 e. The molecule has 1 N–H and O–H groups in total. The molecular formula is C15H15N3OS2. The van der Waals surface area contributed by atoms with Gasteiger partial charge in [-0.05, 0) is 12.0 Å². The van der Waals surface area contributed by atoms with Gasteiger partial charge in [0.2, 0.25) is 5.13 Å². The molecule has 0 saturated carbocycles. The van der Waals surface area contributed by atoms with Crippen molar-refractivity contribution in [1.29, 1.82) is 0 Å². The number of carbonyl (C=O) groups excluding carboxylic acids is 1. The molecule has 1 amide bonds. The van der Waals surface area contributed by atoms with Gasteiger partial charge in [-0.15, -0.1) is 21.5 Å². The van der Waals surface area contributed by atoms with E-state index in [2.05, 4.69) is 29.4 Å². The van der Waals surface area contributed by atoms with Crippen LogP contribution in [0.25, 0.3) is 10.1 Å². The Kier molecular flexibility index (Phi) is 3.98. The first-order valence-corrected chi connectivity index (χ1v) is 8.43. The molecule has 21 heavy (non-hydrogen) atoms. The van der Waals surface area contributed by atoms with E-state index in [9.17, 15) is 4.79 Å². The Morgan fingerprint density at radius 2 is 2.10 bits per heavy atom. The van der Waals surface area contributed by atoms with Crippen LogP contribution in [0.15, 0.2) is 29.6 Å². The highest BCUT2D eigenvalue weighted by atomic mass is 32.1. The molecule has 108 valence electrons. The van der Waals surface area contributed by atoms with Crippen LogP contribution in [0.5, 0.6) is 0 Å². The van der Waals surface area contributed by atoms with Crippen molar-refractivity contribution in [2.75, 3.05) is 5.32 Å². The normalized spacial score (nSPS) is 11.2. The predicted octanol–water partition coefficient (Wildman–Crippen LogP) is 4.20. The standard InChI is InChI=1S/C15H15N3OS2/c1-9(2)7-13-17-18-15(21-13)16-14(19)11-8-20-12-6-4-3-5-10(11)12/h3-6,8-9H,7H2,1-2H3,(H,16,18,19). The molecule has 0 unspecified atom stereocenters. The second-order valence-electron chi connectivity index (χ2n) is 5.20. The molecule has 0 aliphatic heterocycles. The number of hydrogen-bond acceptors (Lipinski definition) is 5. The number of hydrogen-bond donors (Lipinski definition) is 1. The molecule has 0 aliphatic rings. The Morgan fingerprint density at radius 1 is 1.29 bits per heavy atom. The monoisotopic (exact) mass is 317 g/mol. The molecule has 4 nitrogen and oxygen atoms in total. The second-order valence-corrected chi connectivity index (χ2v) is 7.17. The molecule has 0 radical (unpaired) electrons. The highest BCUT2D eigenvalue weighted by Gasteiger charge is 2.14. The maximum atomic E-state index is 12.4. The van der Waals surface area contributed by atoms with Gasteiger partial charge in [0, 0.05) is 21.9 Å². The number of fused-ring (bicyclic) bond motifs is 1. The molecule has 3 rings (SSSR count). The fourth-order valence-corrected chi connectivity index (χ4v) is 3.94. The lowest BCUT2D eigenvalue weighted by atomic mass is 10.1. The Hall–Kier alpha value is -1.79. The van der Waals surface area contributed by atoms with Crippen molar-refractivity contribution in [2.24, 2.45) is 5.92 Å². The lowest BCUT2D eigenvalue weighted by molar-refractivity contribution is 0.102. The SMILES string of the molecule is CC(C)Cc1nnc(NC(=O)c2csc3ccccc23)s1. The average Bonchev–Trinajstić information content (AvgIpc) is 3.04. The zero-order valence-electron chi connectivity index (χ0n) is 11.8. The van der Waals surface area contributed by atoms with E-state index in [0.29, 0.717) is 16.6 Å². The average molecular weight is 317 g/mol. The number of nitrogens with one attached hydrogen (secondary N) is 1. The van der Waals surface area contributed by atoms with Gasteiger partial charge in [-0.2, -0.15) is 0 Å². The van der Waals surface area contributed by atoms with E-state index in [-0.39, 0.29) is 5.91 Å². The van der Waals surface area contributed by atoms with Gasteiger partial charge in [-0.3, -0.25) is 10.1 Å². The van der Waals surface area contributed by atoms with Crippen LogP contribution in [0.3, 0.4) is 0 Å². The van der Waals surface area contributed by atoms with E-state index >= 15 is 0 Å². The highest BCUT2D eigenvalue weighted by Crippen LogP contribution is 2.27. The molecular weight excluding hydrogens is 302 g/mol. The van der Waals surface area contributed by atoms with E-state index in [1.807, 2.05) is 29.6 Å². The van der Waals surface area contributed by atoms with Gasteiger partial charge >= 0.3 is 0 Å². The fourth-order valence-electron chi connectivity index (χ4n) is 2.05. The fraction of sp³-hybridized carbons (Fsp3) is 0.267. The molecule has 1 aromatic carbocycles. The van der Waals surface area contributed by atoms with Gasteiger partial charge in [0.25, 0.3) is 5.91 Å². The van der Waals surface area contributed by atoms with Crippen molar-refractivity contribution in [1.82, 2.24) is 10.2 Å². The van der Waals surface area contributed by atoms with E-state index in [0.717, 1.165) is 21.5 Å². The van der Waals surface area contributed by atoms with Crippen molar-refractivity contribution in [2.45, 2.75) is 20.3 Å². The molecule has 0 atom stereocenters. The number of carbonyl (C=O) groups is 1. The van der Waals surface area contributed by atoms with Crippen LogP contribution >= 0.6 is 22.7 Å². The number of benzene rings is 1. The lowest BCUT2D eigenvalue weighted by Gasteiger charge is -2.00. The minimum Gasteiger partial charge on any atom is -0.296 e. The molecule has 0 spiro atoms. The van der Waals surface area contributed by atoms with Gasteiger partial charge in [-0.25, -0.2) is 0 Å². The summed E-state index contributed by atoms with van der Waals surface area (Å²) < 4.78 is 1.11. The third-order valence-corrected chi connectivity index (χ3v) is 4.82. The first-order chi connectivity index (χ1) is 10.1. The van der Waals surface area contributed by atoms with Crippen LogP contribution in [-0.4, -0.2) is 16.1 Å². The first kappa shape index (κ1) is 14.2. The van der Waals surface area contributed by atoms with E-state index in [4.69, 9.17) is 0 Å². The van der Waals surface area contributed by atoms with Gasteiger partial charge in [0.1, 0.15) is 5.01 Å². The highest BCUT2D eigenvalue weighted by molar-refractivity contribution is 7.17. The van der Waals surface area contributed by atoms with Crippen molar-refractivity contribution in [3.8, 4) is 0 Å². The van der Waals surface area contributed by atoms with Gasteiger partial charge < -0.3 is 0 Å². The molecule has 2 heterocycles. The summed E-state index contributed by atoms with van der Waals surface area (Å²) in [5.41, 5.74) is 0.691. The summed E-state index contributed by atoms with van der Waals surface area (Å²) in [7, 11) is 0. The molecule has 0 saturated heterocycles. The second kappa shape index (κ2) is 5.91. The first-order valence-electron chi connectivity index (χ1n) is 6.73. The van der Waals surface area contributed by atoms with Gasteiger partial charge in [0.05, 0.1) is 5.56 Å². The summed E-state index contributed by atoms with van der Waals surface area (Å²) in [5.74, 6) is 0.405. The van der Waals surface area contributed by atoms with Crippen LogP contribution in [0, 0.1) is 5.92 Å². The number of rotatable bonds is 4. The minimum absolute atomic E-state index is 0.125. The molecule has 0 aliphatic carbocycles. The minimum atomic E-state index is -0.125. The Labute approximate surface area is 130 Å². The topological polar surface area (TPSA) is 54.9 Å². The van der Waals surface area contributed by atoms with Crippen molar-refractivity contribution < 1.29 is 4.79 Å². The molecule has 2 aromatic heterocycles. The predicted molar refractivity (Wildman–Crippen MR) is 88.2 cm³/mol. The molecule has 6 heteroatoms. The van der Waals surface area contributed by atoms with Crippen molar-refractivity contribution >= 4 is 43.8 Å². The number of aromatic nitrogens is 2.